The molecule has 0 unspecified atom stereocenters. The van der Waals surface area contributed by atoms with Crippen LogP contribution in [0, 0.1) is 5.92 Å². The molecule has 0 heterocycles. The predicted molar refractivity (Wildman–Crippen MR) is 37.7 cm³/mol. The molecular formula is C7H12N2O. The number of nitrogens with one attached hydrogen (secondary N) is 2. The summed E-state index contributed by atoms with van der Waals surface area (Å²) in [5, 5.41) is 5.52. The van der Waals surface area contributed by atoms with Crippen molar-refractivity contribution in [3.05, 3.63) is 0 Å². The molecule has 3 nitrogen and oxygen atoms in total. The van der Waals surface area contributed by atoms with Crippen LogP contribution in [0.4, 0.5) is 4.79 Å². The van der Waals surface area contributed by atoms with Crippen molar-refractivity contribution in [1.29, 1.82) is 0 Å². The average molecular weight is 140 g/mol. The van der Waals surface area contributed by atoms with E-state index in [2.05, 4.69) is 10.6 Å². The zero-order chi connectivity index (χ0) is 7.19. The normalized spacial score (nSPS) is 41.1. The lowest BCUT2D eigenvalue weighted by molar-refractivity contribution is -0.0401. The van der Waals surface area contributed by atoms with E-state index in [0.717, 1.165) is 5.92 Å². The molecule has 2 N–H and O–H groups in total. The molecule has 2 bridgehead atoms. The lowest BCUT2D eigenvalue weighted by Crippen LogP contribution is -2.69. The number of urea groups is 1. The molecular weight excluding hydrogens is 128 g/mol. The summed E-state index contributed by atoms with van der Waals surface area (Å²) in [7, 11) is 1.65. The molecule has 3 aliphatic rings. The molecule has 0 aliphatic heterocycles. The first-order valence-electron chi connectivity index (χ1n) is 3.74. The number of hydrogen-bond donors (Lipinski definition) is 2. The van der Waals surface area contributed by atoms with Gasteiger partial charge in [0.15, 0.2) is 0 Å². The number of carbonyl (C=O) groups is 1. The number of carbonyl (C=O) groups excluding carboxylic acids is 1. The second kappa shape index (κ2) is 1.65. The molecule has 3 aliphatic carbocycles. The molecule has 56 valence electrons. The topological polar surface area (TPSA) is 41.1 Å². The van der Waals surface area contributed by atoms with Gasteiger partial charge < -0.3 is 10.6 Å². The SMILES string of the molecule is CNC(=O)NC12CC(C1)C2. The molecule has 0 aromatic heterocycles. The zero-order valence-electron chi connectivity index (χ0n) is 6.11. The summed E-state index contributed by atoms with van der Waals surface area (Å²) < 4.78 is 0. The van der Waals surface area contributed by atoms with Crippen molar-refractivity contribution in [1.82, 2.24) is 10.6 Å². The molecule has 0 aromatic carbocycles. The Morgan fingerprint density at radius 2 is 2.10 bits per heavy atom. The van der Waals surface area contributed by atoms with Gasteiger partial charge in [-0.1, -0.05) is 0 Å². The minimum Gasteiger partial charge on any atom is -0.341 e. The van der Waals surface area contributed by atoms with Crippen molar-refractivity contribution in [3.8, 4) is 0 Å². The average Bonchev–Trinajstić information content (AvgIpc) is 1.75. The summed E-state index contributed by atoms with van der Waals surface area (Å²) in [6, 6.07) is -0.0295. The summed E-state index contributed by atoms with van der Waals surface area (Å²) in [4.78, 5) is 10.8. The van der Waals surface area contributed by atoms with Crippen molar-refractivity contribution in [2.24, 2.45) is 5.92 Å². The Morgan fingerprint density at radius 3 is 2.40 bits per heavy atom. The third-order valence-electron chi connectivity index (χ3n) is 2.64. The van der Waals surface area contributed by atoms with Gasteiger partial charge >= 0.3 is 6.03 Å². The molecule has 2 amide bonds. The number of amides is 2. The second-order valence-electron chi connectivity index (χ2n) is 3.46. The maximum absolute atomic E-state index is 10.8. The maximum atomic E-state index is 10.8. The molecule has 0 atom stereocenters. The first kappa shape index (κ1) is 6.01. The van der Waals surface area contributed by atoms with Crippen molar-refractivity contribution < 1.29 is 4.79 Å². The van der Waals surface area contributed by atoms with Gasteiger partial charge in [0, 0.05) is 12.6 Å². The highest BCUT2D eigenvalue weighted by molar-refractivity contribution is 5.75. The second-order valence-corrected chi connectivity index (χ2v) is 3.46. The van der Waals surface area contributed by atoms with Crippen molar-refractivity contribution in [3.63, 3.8) is 0 Å². The first-order valence-corrected chi connectivity index (χ1v) is 3.74. The lowest BCUT2D eigenvalue weighted by Gasteiger charge is -2.61. The zero-order valence-corrected chi connectivity index (χ0v) is 6.11. The molecule has 3 heteroatoms. The van der Waals surface area contributed by atoms with Gasteiger partial charge in [0.1, 0.15) is 0 Å². The van der Waals surface area contributed by atoms with Crippen LogP contribution in [-0.4, -0.2) is 18.6 Å². The highest BCUT2D eigenvalue weighted by atomic mass is 16.2. The number of hydrogen-bond acceptors (Lipinski definition) is 1. The summed E-state index contributed by atoms with van der Waals surface area (Å²) in [6.07, 6.45) is 3.63. The Balaban J connectivity index is 1.84. The summed E-state index contributed by atoms with van der Waals surface area (Å²) in [6.45, 7) is 0. The van der Waals surface area contributed by atoms with Crippen LogP contribution in [0.15, 0.2) is 0 Å². The summed E-state index contributed by atoms with van der Waals surface area (Å²) in [5.74, 6) is 0.928. The van der Waals surface area contributed by atoms with Gasteiger partial charge in [0.05, 0.1) is 0 Å². The first-order chi connectivity index (χ1) is 4.74. The summed E-state index contributed by atoms with van der Waals surface area (Å²) >= 11 is 0. The van der Waals surface area contributed by atoms with Crippen LogP contribution in [0.2, 0.25) is 0 Å². The fraction of sp³-hybridized carbons (Fsp3) is 0.857. The van der Waals surface area contributed by atoms with E-state index in [1.165, 1.54) is 19.3 Å². The smallest absolute Gasteiger partial charge is 0.314 e. The van der Waals surface area contributed by atoms with Crippen molar-refractivity contribution in [2.75, 3.05) is 7.05 Å². The standard InChI is InChI=1S/C7H12N2O/c1-8-6(10)9-7-2-5(3-7)4-7/h5H,2-4H2,1H3,(H2,8,9,10). The van der Waals surface area contributed by atoms with Crippen LogP contribution in [0.25, 0.3) is 0 Å². The van der Waals surface area contributed by atoms with Gasteiger partial charge in [-0.2, -0.15) is 0 Å². The lowest BCUT2D eigenvalue weighted by atomic mass is 9.50. The van der Waals surface area contributed by atoms with Crippen LogP contribution in [0.5, 0.6) is 0 Å². The Labute approximate surface area is 60.2 Å². The highest BCUT2D eigenvalue weighted by Gasteiger charge is 2.57. The molecule has 3 rings (SSSR count). The minimum absolute atomic E-state index is 0.0295. The minimum atomic E-state index is -0.0295. The van der Waals surface area contributed by atoms with E-state index in [1.807, 2.05) is 0 Å². The van der Waals surface area contributed by atoms with Gasteiger partial charge in [0.25, 0.3) is 0 Å². The van der Waals surface area contributed by atoms with Gasteiger partial charge in [-0.25, -0.2) is 4.79 Å². The molecule has 3 fully saturated rings. The van der Waals surface area contributed by atoms with E-state index < -0.39 is 0 Å². The van der Waals surface area contributed by atoms with Crippen LogP contribution in [-0.2, 0) is 0 Å². The van der Waals surface area contributed by atoms with E-state index >= 15 is 0 Å². The molecule has 0 spiro atoms. The number of rotatable bonds is 1. The Morgan fingerprint density at radius 1 is 1.50 bits per heavy atom. The van der Waals surface area contributed by atoms with Crippen LogP contribution in [0.3, 0.4) is 0 Å². The van der Waals surface area contributed by atoms with Gasteiger partial charge in [-0.15, -0.1) is 0 Å². The predicted octanol–water partition coefficient (Wildman–Crippen LogP) is 0.468. The molecule has 3 saturated carbocycles. The van der Waals surface area contributed by atoms with Crippen molar-refractivity contribution in [2.45, 2.75) is 24.8 Å². The fourth-order valence-corrected chi connectivity index (χ4v) is 1.93. The maximum Gasteiger partial charge on any atom is 0.314 e. The quantitative estimate of drug-likeness (QED) is 0.546. The van der Waals surface area contributed by atoms with E-state index in [1.54, 1.807) is 7.05 Å². The molecule has 0 radical (unpaired) electrons. The van der Waals surface area contributed by atoms with E-state index in [-0.39, 0.29) is 11.6 Å². The van der Waals surface area contributed by atoms with E-state index in [9.17, 15) is 4.79 Å². The Hall–Kier alpha value is -0.730. The van der Waals surface area contributed by atoms with Crippen molar-refractivity contribution >= 4 is 6.03 Å². The van der Waals surface area contributed by atoms with Crippen LogP contribution < -0.4 is 10.6 Å². The highest BCUT2D eigenvalue weighted by Crippen LogP contribution is 2.56. The van der Waals surface area contributed by atoms with Crippen LogP contribution >= 0.6 is 0 Å². The molecule has 0 aromatic rings. The van der Waals surface area contributed by atoms with Gasteiger partial charge in [0.2, 0.25) is 0 Å². The van der Waals surface area contributed by atoms with Gasteiger partial charge in [-0.05, 0) is 25.2 Å². The third-order valence-corrected chi connectivity index (χ3v) is 2.64. The largest absolute Gasteiger partial charge is 0.341 e. The van der Waals surface area contributed by atoms with E-state index in [4.69, 9.17) is 0 Å². The monoisotopic (exact) mass is 140 g/mol. The molecule has 10 heavy (non-hydrogen) atoms. The summed E-state index contributed by atoms with van der Waals surface area (Å²) in [5.41, 5.74) is 0.227. The van der Waals surface area contributed by atoms with E-state index in [0.29, 0.717) is 0 Å². The fourth-order valence-electron chi connectivity index (χ4n) is 1.93. The Bertz CT molecular complexity index is 161. The Kier molecular flexibility index (Phi) is 0.993. The third kappa shape index (κ3) is 0.632. The van der Waals surface area contributed by atoms with Gasteiger partial charge in [-0.3, -0.25) is 0 Å². The van der Waals surface area contributed by atoms with Crippen LogP contribution in [0.1, 0.15) is 19.3 Å². The molecule has 0 saturated heterocycles.